The number of anilines is 1. The van der Waals surface area contributed by atoms with Crippen LogP contribution in [0.4, 0.5) is 5.69 Å². The normalized spacial score (nSPS) is 10.8. The van der Waals surface area contributed by atoms with Gasteiger partial charge in [0.05, 0.1) is 28.5 Å². The summed E-state index contributed by atoms with van der Waals surface area (Å²) < 4.78 is 1.90. The molecule has 0 atom stereocenters. The molecule has 2 aromatic carbocycles. The van der Waals surface area contributed by atoms with Gasteiger partial charge in [0.1, 0.15) is 0 Å². The van der Waals surface area contributed by atoms with Crippen LogP contribution in [0.25, 0.3) is 10.9 Å². The zero-order valence-electron chi connectivity index (χ0n) is 10.6. The Morgan fingerprint density at radius 2 is 1.84 bits per heavy atom. The maximum absolute atomic E-state index is 6.13. The van der Waals surface area contributed by atoms with Gasteiger partial charge >= 0.3 is 0 Å². The van der Waals surface area contributed by atoms with Crippen molar-refractivity contribution in [1.82, 2.24) is 9.78 Å². The van der Waals surface area contributed by atoms with Crippen LogP contribution in [0.5, 0.6) is 0 Å². The summed E-state index contributed by atoms with van der Waals surface area (Å²) in [5, 5.41) is 9.77. The zero-order valence-corrected chi connectivity index (χ0v) is 11.4. The van der Waals surface area contributed by atoms with Crippen LogP contribution < -0.4 is 5.32 Å². The van der Waals surface area contributed by atoms with E-state index in [-0.39, 0.29) is 0 Å². The van der Waals surface area contributed by atoms with Crippen LogP contribution in [0.2, 0.25) is 5.02 Å². The molecule has 3 aromatic rings. The SMILES string of the molecule is Cn1nc(CNc2ccccc2Cl)c2ccccc21. The largest absolute Gasteiger partial charge is 0.378 e. The fourth-order valence-corrected chi connectivity index (χ4v) is 2.41. The average molecular weight is 272 g/mol. The molecule has 0 spiro atoms. The van der Waals surface area contributed by atoms with Gasteiger partial charge in [-0.3, -0.25) is 4.68 Å². The van der Waals surface area contributed by atoms with Crippen LogP contribution in [0.15, 0.2) is 48.5 Å². The van der Waals surface area contributed by atoms with E-state index in [0.29, 0.717) is 6.54 Å². The monoisotopic (exact) mass is 271 g/mol. The van der Waals surface area contributed by atoms with E-state index in [1.54, 1.807) is 0 Å². The van der Waals surface area contributed by atoms with Crippen molar-refractivity contribution in [3.63, 3.8) is 0 Å². The molecule has 0 saturated carbocycles. The minimum atomic E-state index is 0.658. The third-order valence-corrected chi connectivity index (χ3v) is 3.48. The Morgan fingerprint density at radius 3 is 2.68 bits per heavy atom. The Labute approximate surface area is 116 Å². The quantitative estimate of drug-likeness (QED) is 0.784. The molecule has 96 valence electrons. The highest BCUT2D eigenvalue weighted by Gasteiger charge is 2.07. The van der Waals surface area contributed by atoms with Crippen LogP contribution in [-0.2, 0) is 13.6 Å². The van der Waals surface area contributed by atoms with E-state index in [1.807, 2.05) is 48.1 Å². The van der Waals surface area contributed by atoms with Crippen LogP contribution in [0, 0.1) is 0 Å². The van der Waals surface area contributed by atoms with Crippen LogP contribution in [0.3, 0.4) is 0 Å². The first kappa shape index (κ1) is 12.1. The highest BCUT2D eigenvalue weighted by atomic mass is 35.5. The molecule has 1 aromatic heterocycles. The van der Waals surface area contributed by atoms with Gasteiger partial charge in [0.15, 0.2) is 0 Å². The van der Waals surface area contributed by atoms with E-state index in [4.69, 9.17) is 11.6 Å². The van der Waals surface area contributed by atoms with Crippen LogP contribution in [-0.4, -0.2) is 9.78 Å². The topological polar surface area (TPSA) is 29.9 Å². The lowest BCUT2D eigenvalue weighted by Gasteiger charge is -2.06. The van der Waals surface area contributed by atoms with E-state index >= 15 is 0 Å². The smallest absolute Gasteiger partial charge is 0.0894 e. The summed E-state index contributed by atoms with van der Waals surface area (Å²) in [4.78, 5) is 0. The molecule has 0 aliphatic carbocycles. The minimum Gasteiger partial charge on any atom is -0.378 e. The Balaban J connectivity index is 1.88. The summed E-state index contributed by atoms with van der Waals surface area (Å²) in [6.07, 6.45) is 0. The van der Waals surface area contributed by atoms with E-state index < -0.39 is 0 Å². The number of hydrogen-bond donors (Lipinski definition) is 1. The summed E-state index contributed by atoms with van der Waals surface area (Å²) in [6, 6.07) is 15.9. The molecule has 0 aliphatic heterocycles. The highest BCUT2D eigenvalue weighted by Crippen LogP contribution is 2.23. The lowest BCUT2D eigenvalue weighted by Crippen LogP contribution is -2.01. The number of fused-ring (bicyclic) bond motifs is 1. The van der Waals surface area contributed by atoms with Gasteiger partial charge in [0, 0.05) is 12.4 Å². The molecule has 0 fully saturated rings. The van der Waals surface area contributed by atoms with Crippen molar-refractivity contribution in [3.8, 4) is 0 Å². The fraction of sp³-hybridized carbons (Fsp3) is 0.133. The molecule has 19 heavy (non-hydrogen) atoms. The van der Waals surface area contributed by atoms with Gasteiger partial charge < -0.3 is 5.32 Å². The van der Waals surface area contributed by atoms with Gasteiger partial charge in [0.25, 0.3) is 0 Å². The van der Waals surface area contributed by atoms with Crippen molar-refractivity contribution in [2.75, 3.05) is 5.32 Å². The molecule has 0 bridgehead atoms. The first-order valence-electron chi connectivity index (χ1n) is 6.15. The molecule has 3 nitrogen and oxygen atoms in total. The molecule has 4 heteroatoms. The Kier molecular flexibility index (Phi) is 3.13. The van der Waals surface area contributed by atoms with Gasteiger partial charge in [-0.2, -0.15) is 5.10 Å². The lowest BCUT2D eigenvalue weighted by molar-refractivity contribution is 0.771. The molecule has 0 saturated heterocycles. The molecule has 0 radical (unpaired) electrons. The molecule has 0 amide bonds. The number of hydrogen-bond acceptors (Lipinski definition) is 2. The van der Waals surface area contributed by atoms with E-state index in [1.165, 1.54) is 5.39 Å². The zero-order chi connectivity index (χ0) is 13.2. The first-order valence-corrected chi connectivity index (χ1v) is 6.52. The first-order chi connectivity index (χ1) is 9.25. The average Bonchev–Trinajstić information content (AvgIpc) is 2.75. The van der Waals surface area contributed by atoms with Crippen molar-refractivity contribution in [2.24, 2.45) is 7.05 Å². The molecule has 1 N–H and O–H groups in total. The predicted octanol–water partition coefficient (Wildman–Crippen LogP) is 3.84. The maximum Gasteiger partial charge on any atom is 0.0894 e. The van der Waals surface area contributed by atoms with Crippen LogP contribution >= 0.6 is 11.6 Å². The highest BCUT2D eigenvalue weighted by molar-refractivity contribution is 6.33. The lowest BCUT2D eigenvalue weighted by atomic mass is 10.2. The number of aromatic nitrogens is 2. The molecule has 1 heterocycles. The van der Waals surface area contributed by atoms with Gasteiger partial charge in [-0.25, -0.2) is 0 Å². The van der Waals surface area contributed by atoms with Crippen molar-refractivity contribution in [3.05, 3.63) is 59.2 Å². The van der Waals surface area contributed by atoms with E-state index in [9.17, 15) is 0 Å². The van der Waals surface area contributed by atoms with Crippen molar-refractivity contribution in [2.45, 2.75) is 6.54 Å². The van der Waals surface area contributed by atoms with Gasteiger partial charge in [-0.1, -0.05) is 41.9 Å². The minimum absolute atomic E-state index is 0.658. The maximum atomic E-state index is 6.13. The number of benzene rings is 2. The van der Waals surface area contributed by atoms with E-state index in [0.717, 1.165) is 21.9 Å². The summed E-state index contributed by atoms with van der Waals surface area (Å²) in [6.45, 7) is 0.658. The standard InChI is InChI=1S/C15H14ClN3/c1-19-15-9-5-2-6-11(15)14(18-19)10-17-13-8-4-3-7-12(13)16/h2-9,17H,10H2,1H3. The second-order valence-electron chi connectivity index (χ2n) is 4.42. The third-order valence-electron chi connectivity index (χ3n) is 3.15. The number of rotatable bonds is 3. The van der Waals surface area contributed by atoms with E-state index in [2.05, 4.69) is 22.5 Å². The number of para-hydroxylation sites is 2. The second-order valence-corrected chi connectivity index (χ2v) is 4.83. The number of nitrogens with one attached hydrogen (secondary N) is 1. The molecular weight excluding hydrogens is 258 g/mol. The summed E-state index contributed by atoms with van der Waals surface area (Å²) >= 11 is 6.13. The summed E-state index contributed by atoms with van der Waals surface area (Å²) in [5.41, 5.74) is 3.09. The number of halogens is 1. The Hall–Kier alpha value is -2.00. The van der Waals surface area contributed by atoms with Gasteiger partial charge in [0.2, 0.25) is 0 Å². The van der Waals surface area contributed by atoms with Crippen molar-refractivity contribution in [1.29, 1.82) is 0 Å². The van der Waals surface area contributed by atoms with Gasteiger partial charge in [-0.05, 0) is 18.2 Å². The molecule has 0 unspecified atom stereocenters. The van der Waals surface area contributed by atoms with Crippen molar-refractivity contribution >= 4 is 28.2 Å². The Bertz CT molecular complexity index is 718. The summed E-state index contributed by atoms with van der Waals surface area (Å²) in [7, 11) is 1.96. The number of nitrogens with zero attached hydrogens (tertiary/aromatic N) is 2. The molecule has 3 rings (SSSR count). The summed E-state index contributed by atoms with van der Waals surface area (Å²) in [5.74, 6) is 0. The predicted molar refractivity (Wildman–Crippen MR) is 79.5 cm³/mol. The molecule has 0 aliphatic rings. The van der Waals surface area contributed by atoms with Crippen LogP contribution in [0.1, 0.15) is 5.69 Å². The third kappa shape index (κ3) is 2.29. The van der Waals surface area contributed by atoms with Crippen molar-refractivity contribution < 1.29 is 0 Å². The molecular formula is C15H14ClN3. The second kappa shape index (κ2) is 4.94. The number of aryl methyl sites for hydroxylation is 1. The Morgan fingerprint density at radius 1 is 1.11 bits per heavy atom. The van der Waals surface area contributed by atoms with Gasteiger partial charge in [-0.15, -0.1) is 0 Å². The fourth-order valence-electron chi connectivity index (χ4n) is 2.20.